The first kappa shape index (κ1) is 46.6. The van der Waals surface area contributed by atoms with E-state index in [0.717, 1.165) is 0 Å². The highest BCUT2D eigenvalue weighted by atomic mass is 32.1. The van der Waals surface area contributed by atoms with Crippen LogP contribution in [0.3, 0.4) is 0 Å². The average Bonchev–Trinajstić information content (AvgIpc) is 4.00. The van der Waals surface area contributed by atoms with Crippen molar-refractivity contribution >= 4 is 110 Å². The highest BCUT2D eigenvalue weighted by Gasteiger charge is 2.46. The number of nitrogens with zero attached hydrogens (tertiary/aromatic N) is 2. The lowest BCUT2D eigenvalue weighted by Crippen LogP contribution is -2.60. The van der Waals surface area contributed by atoms with E-state index in [1.54, 1.807) is 0 Å². The first-order chi connectivity index (χ1) is 36.6. The normalized spacial score (nSPS) is 13.5. The van der Waals surface area contributed by atoms with Gasteiger partial charge in [0, 0.05) is 43.1 Å². The highest BCUT2D eigenvalue weighted by Crippen LogP contribution is 2.53. The van der Waals surface area contributed by atoms with Gasteiger partial charge in [0.1, 0.15) is 0 Å². The highest BCUT2D eigenvalue weighted by molar-refractivity contribution is 7.33. The number of hydrogen-bond acceptors (Lipinski definition) is 3. The average molecular weight is 997 g/mol. The lowest BCUT2D eigenvalue weighted by molar-refractivity contribution is 0.590. The van der Waals surface area contributed by atoms with Crippen LogP contribution in [0.25, 0.3) is 75.8 Å². The van der Waals surface area contributed by atoms with Crippen molar-refractivity contribution < 1.29 is 0 Å². The van der Waals surface area contributed by atoms with Gasteiger partial charge in [0.2, 0.25) is 0 Å². The van der Waals surface area contributed by atoms with Crippen LogP contribution in [-0.4, -0.2) is 6.71 Å². The standard InChI is InChI=1S/C72H61BN2S/c1-70(2,3)50-31-37-59(55(41-50)45-20-14-11-15-21-45)74-61-36-30-49(44-18-12-10-13-19-44)40-58(61)73-67-62(74)24-17-25-63(67)75(68-57-43-52(72(7,8)9)33-39-64(57)76-69(68)73)60-38-32-51(71(4,5)6)42-56(60)53-34-28-48-27-26-46-22-16-23-47-29-35-54(53)66(48)65(46)47/h10-43H,1-9H3. The third-order valence-corrected chi connectivity index (χ3v) is 17.9. The van der Waals surface area contributed by atoms with Crippen LogP contribution in [0.15, 0.2) is 206 Å². The molecule has 11 aromatic carbocycles. The molecule has 14 rings (SSSR count). The van der Waals surface area contributed by atoms with Gasteiger partial charge in [-0.1, -0.05) is 214 Å². The second-order valence-electron chi connectivity index (χ2n) is 24.5. The zero-order valence-electron chi connectivity index (χ0n) is 45.0. The number of anilines is 6. The molecule has 0 unspecified atom stereocenters. The van der Waals surface area contributed by atoms with E-state index in [1.807, 2.05) is 11.3 Å². The third-order valence-electron chi connectivity index (χ3n) is 16.7. The first-order valence-corrected chi connectivity index (χ1v) is 27.9. The molecule has 1 aromatic heterocycles. The van der Waals surface area contributed by atoms with Gasteiger partial charge < -0.3 is 9.80 Å². The van der Waals surface area contributed by atoms with Crippen LogP contribution in [0, 0.1) is 0 Å². The molecule has 76 heavy (non-hydrogen) atoms. The fourth-order valence-electron chi connectivity index (χ4n) is 12.6. The molecule has 2 aliphatic heterocycles. The molecule has 0 atom stereocenters. The second-order valence-corrected chi connectivity index (χ2v) is 25.6. The van der Waals surface area contributed by atoms with Crippen LogP contribution in [-0.2, 0) is 16.2 Å². The number of rotatable bonds is 5. The molecule has 4 heteroatoms. The summed E-state index contributed by atoms with van der Waals surface area (Å²) in [5.41, 5.74) is 21.1. The Morgan fingerprint density at radius 3 is 1.57 bits per heavy atom. The summed E-state index contributed by atoms with van der Waals surface area (Å²) in [6.07, 6.45) is 0. The number of benzene rings is 11. The lowest BCUT2D eigenvalue weighted by atomic mass is 9.36. The van der Waals surface area contributed by atoms with E-state index in [0.29, 0.717) is 0 Å². The Morgan fingerprint density at radius 2 is 0.895 bits per heavy atom. The molecule has 2 nitrogen and oxygen atoms in total. The molecular weight excluding hydrogens is 936 g/mol. The van der Waals surface area contributed by atoms with Crippen molar-refractivity contribution in [3.63, 3.8) is 0 Å². The van der Waals surface area contributed by atoms with E-state index >= 15 is 0 Å². The summed E-state index contributed by atoms with van der Waals surface area (Å²) in [6, 6.07) is 79.1. The molecule has 0 radical (unpaired) electrons. The van der Waals surface area contributed by atoms with Crippen molar-refractivity contribution in [1.82, 2.24) is 0 Å². The second kappa shape index (κ2) is 16.8. The van der Waals surface area contributed by atoms with Gasteiger partial charge in [-0.15, -0.1) is 11.3 Å². The van der Waals surface area contributed by atoms with Crippen LogP contribution >= 0.6 is 11.3 Å². The van der Waals surface area contributed by atoms with Crippen molar-refractivity contribution in [2.45, 2.75) is 78.6 Å². The van der Waals surface area contributed by atoms with Crippen LogP contribution in [0.4, 0.5) is 34.1 Å². The molecule has 3 heterocycles. The summed E-state index contributed by atoms with van der Waals surface area (Å²) >= 11 is 1.98. The molecule has 0 saturated heterocycles. The van der Waals surface area contributed by atoms with Crippen molar-refractivity contribution in [2.75, 3.05) is 9.80 Å². The zero-order chi connectivity index (χ0) is 52.0. The minimum absolute atomic E-state index is 0.0382. The Labute approximate surface area is 452 Å². The molecule has 2 aliphatic rings. The molecule has 0 spiro atoms. The van der Waals surface area contributed by atoms with E-state index in [-0.39, 0.29) is 23.0 Å². The Hall–Kier alpha value is -7.92. The van der Waals surface area contributed by atoms with Gasteiger partial charge in [-0.05, 0) is 153 Å². The predicted molar refractivity (Wildman–Crippen MR) is 332 cm³/mol. The molecule has 0 fully saturated rings. The fourth-order valence-corrected chi connectivity index (χ4v) is 13.9. The van der Waals surface area contributed by atoms with E-state index < -0.39 is 0 Å². The van der Waals surface area contributed by atoms with Crippen LogP contribution < -0.4 is 25.5 Å². The maximum atomic E-state index is 2.70. The van der Waals surface area contributed by atoms with E-state index in [4.69, 9.17) is 0 Å². The minimum Gasteiger partial charge on any atom is -0.311 e. The Bertz CT molecular complexity index is 4280. The van der Waals surface area contributed by atoms with Crippen LogP contribution in [0.1, 0.15) is 79.0 Å². The monoisotopic (exact) mass is 996 g/mol. The minimum atomic E-state index is -0.0858. The van der Waals surface area contributed by atoms with E-state index in [2.05, 4.69) is 278 Å². The van der Waals surface area contributed by atoms with Gasteiger partial charge in [0.05, 0.1) is 17.1 Å². The Morgan fingerprint density at radius 1 is 0.355 bits per heavy atom. The Balaban J connectivity index is 1.11. The number of hydrogen-bond donors (Lipinski definition) is 0. The largest absolute Gasteiger partial charge is 0.311 e. The van der Waals surface area contributed by atoms with Gasteiger partial charge >= 0.3 is 0 Å². The lowest BCUT2D eigenvalue weighted by Gasteiger charge is -2.44. The molecule has 0 aliphatic carbocycles. The molecule has 12 aromatic rings. The van der Waals surface area contributed by atoms with Crippen molar-refractivity contribution in [1.29, 1.82) is 0 Å². The topological polar surface area (TPSA) is 6.48 Å². The molecule has 0 amide bonds. The first-order valence-electron chi connectivity index (χ1n) is 27.1. The predicted octanol–water partition coefficient (Wildman–Crippen LogP) is 18.8. The smallest absolute Gasteiger partial charge is 0.264 e. The van der Waals surface area contributed by atoms with Crippen molar-refractivity contribution in [2.24, 2.45) is 0 Å². The van der Waals surface area contributed by atoms with Crippen molar-refractivity contribution in [3.05, 3.63) is 223 Å². The summed E-state index contributed by atoms with van der Waals surface area (Å²) in [4.78, 5) is 5.30. The number of thiophene rings is 1. The fraction of sp³-hybridized carbons (Fsp3) is 0.167. The maximum Gasteiger partial charge on any atom is 0.264 e. The summed E-state index contributed by atoms with van der Waals surface area (Å²) in [5, 5.41) is 9.09. The van der Waals surface area contributed by atoms with Crippen LogP contribution in [0.5, 0.6) is 0 Å². The third kappa shape index (κ3) is 7.21. The van der Waals surface area contributed by atoms with Crippen LogP contribution in [0.2, 0.25) is 0 Å². The van der Waals surface area contributed by atoms with Gasteiger partial charge in [0.25, 0.3) is 6.71 Å². The number of fused-ring (bicyclic) bond motifs is 6. The van der Waals surface area contributed by atoms with Gasteiger partial charge in [-0.25, -0.2) is 0 Å². The van der Waals surface area contributed by atoms with Crippen molar-refractivity contribution in [3.8, 4) is 33.4 Å². The van der Waals surface area contributed by atoms with Gasteiger partial charge in [-0.2, -0.15) is 0 Å². The summed E-state index contributed by atoms with van der Waals surface area (Å²) < 4.78 is 2.68. The Kier molecular flexibility index (Phi) is 10.3. The zero-order valence-corrected chi connectivity index (χ0v) is 45.8. The van der Waals surface area contributed by atoms with E-state index in [1.165, 1.54) is 142 Å². The summed E-state index contributed by atoms with van der Waals surface area (Å²) in [5.74, 6) is 0. The van der Waals surface area contributed by atoms with E-state index in [9.17, 15) is 0 Å². The molecular formula is C72H61BN2S. The SMILES string of the molecule is CC(C)(C)c1ccc(N2c3ccc(-c4ccccc4)cc3B3c4sc5ccc(C(C)(C)C)cc5c4N(c4ccc(C(C)(C)C)cc4-c4ccc5ccc6cccc7ccc4c5c67)c4cccc2c43)c(-c2ccccc2)c1. The van der Waals surface area contributed by atoms with Gasteiger partial charge in [0.15, 0.2) is 0 Å². The molecule has 0 N–H and O–H groups in total. The summed E-state index contributed by atoms with van der Waals surface area (Å²) in [7, 11) is 0. The molecule has 0 saturated carbocycles. The summed E-state index contributed by atoms with van der Waals surface area (Å²) in [6.45, 7) is 21.0. The quantitative estimate of drug-likeness (QED) is 0.125. The van der Waals surface area contributed by atoms with Gasteiger partial charge in [-0.3, -0.25) is 0 Å². The molecule has 0 bridgehead atoms. The molecule has 368 valence electrons. The maximum absolute atomic E-state index is 2.70.